The van der Waals surface area contributed by atoms with Gasteiger partial charge in [0.05, 0.1) is 33.5 Å². The molecule has 0 aliphatic heterocycles. The van der Waals surface area contributed by atoms with Gasteiger partial charge in [0, 0.05) is 35.9 Å². The van der Waals surface area contributed by atoms with E-state index >= 15 is 0 Å². The predicted molar refractivity (Wildman–Crippen MR) is 133 cm³/mol. The zero-order valence-electron chi connectivity index (χ0n) is 20.2. The standard InChI is InChI=1S/C27H32F2N2O4S/c28-27(29)11-9-15(10-12-27)23(30)20(24(32)16-1-2-16)14-35-19-6-3-17(4-7-19)25-31-21-8-5-18(26(33)34)13-22(21)36-25/h5,8,13,15-17,19H,1-4,6-7,9-12,14,30H2,(H,33,34). The minimum atomic E-state index is -2.63. The molecule has 0 saturated heterocycles. The number of nitrogens with zero attached hydrogens (tertiary/aromatic N) is 1. The lowest BCUT2D eigenvalue weighted by molar-refractivity contribution is -0.117. The number of rotatable bonds is 8. The van der Waals surface area contributed by atoms with Crippen LogP contribution >= 0.6 is 11.3 Å². The van der Waals surface area contributed by atoms with Crippen LogP contribution in [0.5, 0.6) is 0 Å². The Hall–Kier alpha value is -2.39. The maximum Gasteiger partial charge on any atom is 0.335 e. The summed E-state index contributed by atoms with van der Waals surface area (Å²) < 4.78 is 34.3. The highest BCUT2D eigenvalue weighted by atomic mass is 32.1. The molecule has 3 saturated carbocycles. The average Bonchev–Trinajstić information content (AvgIpc) is 3.62. The number of carboxylic acid groups (broad SMARTS) is 1. The summed E-state index contributed by atoms with van der Waals surface area (Å²) in [6, 6.07) is 5.02. The molecule has 0 amide bonds. The van der Waals surface area contributed by atoms with Gasteiger partial charge in [-0.1, -0.05) is 0 Å². The second-order valence-electron chi connectivity index (χ2n) is 10.5. The topological polar surface area (TPSA) is 103 Å². The molecule has 6 nitrogen and oxygen atoms in total. The number of Topliss-reactive ketones (excluding diaryl/α,β-unsaturated/α-hetero) is 1. The van der Waals surface area contributed by atoms with Crippen molar-refractivity contribution in [3.05, 3.63) is 40.0 Å². The van der Waals surface area contributed by atoms with Gasteiger partial charge in [-0.2, -0.15) is 0 Å². The number of carbonyl (C=O) groups is 2. The third kappa shape index (κ3) is 5.62. The summed E-state index contributed by atoms with van der Waals surface area (Å²) in [4.78, 5) is 28.9. The molecule has 0 spiro atoms. The van der Waals surface area contributed by atoms with E-state index in [0.29, 0.717) is 30.0 Å². The minimum absolute atomic E-state index is 0.00333. The van der Waals surface area contributed by atoms with Gasteiger partial charge >= 0.3 is 5.97 Å². The van der Waals surface area contributed by atoms with Crippen molar-refractivity contribution in [2.24, 2.45) is 17.6 Å². The monoisotopic (exact) mass is 518 g/mol. The summed E-state index contributed by atoms with van der Waals surface area (Å²) in [5.41, 5.74) is 8.48. The molecule has 5 rings (SSSR count). The van der Waals surface area contributed by atoms with Gasteiger partial charge in [-0.25, -0.2) is 18.6 Å². The Labute approximate surface area is 212 Å². The Kier molecular flexibility index (Phi) is 7.14. The number of aromatic nitrogens is 1. The number of ether oxygens (including phenoxy) is 1. The van der Waals surface area contributed by atoms with E-state index in [1.807, 2.05) is 0 Å². The fraction of sp³-hybridized carbons (Fsp3) is 0.593. The largest absolute Gasteiger partial charge is 0.478 e. The Bertz CT molecular complexity index is 1170. The van der Waals surface area contributed by atoms with E-state index in [-0.39, 0.29) is 48.7 Å². The number of halogens is 2. The third-order valence-electron chi connectivity index (χ3n) is 7.89. The van der Waals surface area contributed by atoms with Crippen molar-refractivity contribution >= 4 is 33.3 Å². The first-order valence-electron chi connectivity index (χ1n) is 12.9. The number of carbonyl (C=O) groups excluding carboxylic acids is 1. The Morgan fingerprint density at radius 2 is 1.75 bits per heavy atom. The van der Waals surface area contributed by atoms with Crippen LogP contribution in [0.4, 0.5) is 8.78 Å². The summed E-state index contributed by atoms with van der Waals surface area (Å²) in [5.74, 6) is -3.42. The number of nitrogens with two attached hydrogens (primary N) is 1. The molecule has 3 N–H and O–H groups in total. The molecule has 2 aromatic rings. The molecule has 194 valence electrons. The van der Waals surface area contributed by atoms with Crippen molar-refractivity contribution in [3.8, 4) is 0 Å². The van der Waals surface area contributed by atoms with Crippen LogP contribution in [0.3, 0.4) is 0 Å². The molecule has 3 aliphatic rings. The molecule has 0 bridgehead atoms. The molecule has 36 heavy (non-hydrogen) atoms. The number of thiazole rings is 1. The lowest BCUT2D eigenvalue weighted by Crippen LogP contribution is -2.31. The molecule has 1 aromatic carbocycles. The van der Waals surface area contributed by atoms with Gasteiger partial charge in [0.15, 0.2) is 5.78 Å². The Morgan fingerprint density at radius 3 is 2.39 bits per heavy atom. The quantitative estimate of drug-likeness (QED) is 0.412. The normalized spacial score (nSPS) is 25.5. The molecule has 1 heterocycles. The van der Waals surface area contributed by atoms with E-state index in [1.165, 1.54) is 0 Å². The van der Waals surface area contributed by atoms with Gasteiger partial charge in [0.25, 0.3) is 0 Å². The van der Waals surface area contributed by atoms with Crippen molar-refractivity contribution in [1.29, 1.82) is 0 Å². The van der Waals surface area contributed by atoms with E-state index in [0.717, 1.165) is 53.7 Å². The van der Waals surface area contributed by atoms with Crippen LogP contribution in [0.2, 0.25) is 0 Å². The smallest absolute Gasteiger partial charge is 0.335 e. The third-order valence-corrected chi connectivity index (χ3v) is 9.07. The summed E-state index contributed by atoms with van der Waals surface area (Å²) in [6.45, 7) is 0.155. The summed E-state index contributed by atoms with van der Waals surface area (Å²) in [5, 5.41) is 10.2. The second kappa shape index (κ2) is 10.2. The van der Waals surface area contributed by atoms with Crippen molar-refractivity contribution < 1.29 is 28.2 Å². The first-order chi connectivity index (χ1) is 17.2. The molecule has 3 fully saturated rings. The van der Waals surface area contributed by atoms with Gasteiger partial charge in [0.2, 0.25) is 5.92 Å². The fourth-order valence-electron chi connectivity index (χ4n) is 5.41. The van der Waals surface area contributed by atoms with Crippen molar-refractivity contribution in [3.63, 3.8) is 0 Å². The zero-order chi connectivity index (χ0) is 25.4. The van der Waals surface area contributed by atoms with Crippen LogP contribution < -0.4 is 5.73 Å². The van der Waals surface area contributed by atoms with Gasteiger partial charge in [0.1, 0.15) is 0 Å². The Balaban J connectivity index is 1.20. The van der Waals surface area contributed by atoms with E-state index < -0.39 is 11.9 Å². The summed E-state index contributed by atoms with van der Waals surface area (Å²) >= 11 is 1.55. The van der Waals surface area contributed by atoms with Crippen molar-refractivity contribution in [2.45, 2.75) is 82.2 Å². The van der Waals surface area contributed by atoms with Gasteiger partial charge in [-0.05, 0) is 75.5 Å². The van der Waals surface area contributed by atoms with Crippen LogP contribution in [-0.4, -0.2) is 40.5 Å². The van der Waals surface area contributed by atoms with E-state index in [2.05, 4.69) is 0 Å². The minimum Gasteiger partial charge on any atom is -0.478 e. The number of hydrogen-bond acceptors (Lipinski definition) is 6. The van der Waals surface area contributed by atoms with E-state index in [1.54, 1.807) is 29.5 Å². The first kappa shape index (κ1) is 25.3. The zero-order valence-corrected chi connectivity index (χ0v) is 21.0. The van der Waals surface area contributed by atoms with Crippen molar-refractivity contribution in [1.82, 2.24) is 4.98 Å². The molecular weight excluding hydrogens is 486 g/mol. The number of hydrogen-bond donors (Lipinski definition) is 2. The number of aromatic carboxylic acids is 1. The maximum atomic E-state index is 13.6. The lowest BCUT2D eigenvalue weighted by Gasteiger charge is -2.30. The highest BCUT2D eigenvalue weighted by molar-refractivity contribution is 7.18. The van der Waals surface area contributed by atoms with Crippen molar-refractivity contribution in [2.75, 3.05) is 6.61 Å². The van der Waals surface area contributed by atoms with Crippen LogP contribution in [0.15, 0.2) is 29.5 Å². The number of fused-ring (bicyclic) bond motifs is 1. The van der Waals surface area contributed by atoms with E-state index in [4.69, 9.17) is 15.5 Å². The molecule has 0 unspecified atom stereocenters. The van der Waals surface area contributed by atoms with Crippen LogP contribution in [0, 0.1) is 11.8 Å². The lowest BCUT2D eigenvalue weighted by atomic mass is 9.82. The molecule has 0 radical (unpaired) electrons. The van der Waals surface area contributed by atoms with E-state index in [9.17, 15) is 23.5 Å². The SMILES string of the molecule is NC(=C(COC1CCC(c2nc3ccc(C(=O)O)cc3s2)CC1)C(=O)C1CC1)C1CCC(F)(F)CC1. The number of allylic oxidation sites excluding steroid dienone is 1. The van der Waals surface area contributed by atoms with Gasteiger partial charge < -0.3 is 15.6 Å². The molecule has 0 atom stereocenters. The van der Waals surface area contributed by atoms with Gasteiger partial charge in [-0.3, -0.25) is 4.79 Å². The van der Waals surface area contributed by atoms with Crippen LogP contribution in [-0.2, 0) is 9.53 Å². The highest BCUT2D eigenvalue weighted by Crippen LogP contribution is 2.41. The Morgan fingerprint density at radius 1 is 1.06 bits per heavy atom. The van der Waals surface area contributed by atoms with Gasteiger partial charge in [-0.15, -0.1) is 11.3 Å². The number of carboxylic acids is 1. The number of ketones is 1. The molecule has 3 aliphatic carbocycles. The fourth-order valence-corrected chi connectivity index (χ4v) is 6.59. The molecular formula is C27H32F2N2O4S. The van der Waals surface area contributed by atoms with Crippen LogP contribution in [0.1, 0.15) is 85.5 Å². The summed E-state index contributed by atoms with van der Waals surface area (Å²) in [7, 11) is 0. The highest BCUT2D eigenvalue weighted by Gasteiger charge is 2.39. The maximum absolute atomic E-state index is 13.6. The second-order valence-corrected chi connectivity index (χ2v) is 11.6. The average molecular weight is 519 g/mol. The van der Waals surface area contributed by atoms with Crippen LogP contribution in [0.25, 0.3) is 10.2 Å². The number of benzene rings is 1. The predicted octanol–water partition coefficient (Wildman–Crippen LogP) is 6.05. The first-order valence-corrected chi connectivity index (χ1v) is 13.7. The number of alkyl halides is 2. The summed E-state index contributed by atoms with van der Waals surface area (Å²) in [6.07, 6.45) is 5.46. The molecule has 1 aromatic heterocycles. The molecule has 9 heteroatoms.